The van der Waals surface area contributed by atoms with Gasteiger partial charge in [-0.2, -0.15) is 30.9 Å². The molecular formula is C28H28Cl2N10. The molecule has 0 bridgehead atoms. The van der Waals surface area contributed by atoms with E-state index in [1.807, 2.05) is 73.7 Å². The van der Waals surface area contributed by atoms with Gasteiger partial charge < -0.3 is 11.2 Å². The molecule has 0 amide bonds. The quantitative estimate of drug-likeness (QED) is 0.115. The molecule has 10 nitrogen and oxygen atoms in total. The van der Waals surface area contributed by atoms with Crippen molar-refractivity contribution in [3.63, 3.8) is 0 Å². The van der Waals surface area contributed by atoms with Crippen LogP contribution in [0.3, 0.4) is 0 Å². The third-order valence-corrected chi connectivity index (χ3v) is 5.74. The summed E-state index contributed by atoms with van der Waals surface area (Å²) in [5, 5.41) is 31.1. The summed E-state index contributed by atoms with van der Waals surface area (Å²) >= 11 is 11.5. The smallest absolute Gasteiger partial charge is 0.221 e. The van der Waals surface area contributed by atoms with Crippen molar-refractivity contribution in [2.45, 2.75) is 26.8 Å². The lowest BCUT2D eigenvalue weighted by Gasteiger charge is -1.99. The minimum atomic E-state index is -0.0593. The molecule has 0 fully saturated rings. The molecule has 2 aromatic heterocycles. The molecule has 0 radical (unpaired) electrons. The molecule has 12 heteroatoms. The highest BCUT2D eigenvalue weighted by molar-refractivity contribution is 6.30. The van der Waals surface area contributed by atoms with Gasteiger partial charge in [0, 0.05) is 15.6 Å². The zero-order valence-corrected chi connectivity index (χ0v) is 23.4. The van der Waals surface area contributed by atoms with Crippen LogP contribution in [0.4, 0.5) is 0 Å². The van der Waals surface area contributed by atoms with Crippen molar-refractivity contribution in [1.82, 2.24) is 36.0 Å². The van der Waals surface area contributed by atoms with Crippen LogP contribution in [0.5, 0.6) is 0 Å². The molecule has 0 aliphatic heterocycles. The number of nitriles is 1. The number of nitrogens with two attached hydrogens (primary N) is 1. The number of aromatic amines is 2. The van der Waals surface area contributed by atoms with Crippen LogP contribution < -0.4 is 11.2 Å². The second kappa shape index (κ2) is 15.6. The molecule has 0 saturated carbocycles. The van der Waals surface area contributed by atoms with E-state index in [2.05, 4.69) is 48.0 Å². The Balaban J connectivity index is 0.000000176. The molecule has 0 saturated heterocycles. The van der Waals surface area contributed by atoms with E-state index in [1.165, 1.54) is 5.56 Å². The third-order valence-electron chi connectivity index (χ3n) is 5.24. The Hall–Kier alpha value is -4.72. The normalized spacial score (nSPS) is 10.4. The molecule has 204 valence electrons. The lowest BCUT2D eigenvalue weighted by Crippen LogP contribution is -2.15. The van der Waals surface area contributed by atoms with Crippen molar-refractivity contribution in [1.29, 1.82) is 5.26 Å². The maximum atomic E-state index is 8.29. The molecule has 2 heterocycles. The zero-order valence-electron chi connectivity index (χ0n) is 21.9. The molecule has 3 aromatic carbocycles. The van der Waals surface area contributed by atoms with Crippen LogP contribution in [0, 0.1) is 18.3 Å². The number of nitrogens with zero attached hydrogens (tertiary/aromatic N) is 6. The zero-order chi connectivity index (χ0) is 28.7. The van der Waals surface area contributed by atoms with Gasteiger partial charge in [0.2, 0.25) is 11.7 Å². The Labute approximate surface area is 242 Å². The average molecular weight is 576 g/mol. The number of H-pyrrole nitrogens is 2. The summed E-state index contributed by atoms with van der Waals surface area (Å²) in [7, 11) is 0. The van der Waals surface area contributed by atoms with Crippen molar-refractivity contribution in [2.24, 2.45) is 10.8 Å². The number of hydrazone groups is 1. The van der Waals surface area contributed by atoms with Crippen molar-refractivity contribution in [3.05, 3.63) is 106 Å². The monoisotopic (exact) mass is 574 g/mol. The van der Waals surface area contributed by atoms with E-state index in [1.54, 1.807) is 18.2 Å². The minimum Gasteiger partial charge on any atom is -0.374 e. The fourth-order valence-electron chi connectivity index (χ4n) is 3.20. The first-order valence-electron chi connectivity index (χ1n) is 12.2. The number of aryl methyl sites for hydroxylation is 2. The molecular weight excluding hydrogens is 547 g/mol. The van der Waals surface area contributed by atoms with Gasteiger partial charge in [0.25, 0.3) is 0 Å². The lowest BCUT2D eigenvalue weighted by atomic mass is 10.1. The molecule has 0 aliphatic carbocycles. The van der Waals surface area contributed by atoms with Crippen molar-refractivity contribution in [3.8, 4) is 28.8 Å². The van der Waals surface area contributed by atoms with Crippen molar-refractivity contribution >= 4 is 29.0 Å². The number of rotatable bonds is 6. The Morgan fingerprint density at radius 2 is 1.52 bits per heavy atom. The van der Waals surface area contributed by atoms with Crippen LogP contribution in [0.25, 0.3) is 22.8 Å². The maximum absolute atomic E-state index is 8.29. The summed E-state index contributed by atoms with van der Waals surface area (Å²) < 4.78 is 0. The molecule has 0 unspecified atom stereocenters. The van der Waals surface area contributed by atoms with Crippen molar-refractivity contribution in [2.75, 3.05) is 0 Å². The Morgan fingerprint density at radius 1 is 0.900 bits per heavy atom. The summed E-state index contributed by atoms with van der Waals surface area (Å²) in [6.07, 6.45) is 1.08. The number of aromatic nitrogens is 6. The fourth-order valence-corrected chi connectivity index (χ4v) is 3.45. The highest BCUT2D eigenvalue weighted by Gasteiger charge is 2.15. The predicted molar refractivity (Wildman–Crippen MR) is 158 cm³/mol. The minimum absolute atomic E-state index is 0.0593. The molecule has 5 aromatic rings. The Kier molecular flexibility index (Phi) is 11.7. The molecule has 40 heavy (non-hydrogen) atoms. The second-order valence-corrected chi connectivity index (χ2v) is 9.05. The predicted octanol–water partition coefficient (Wildman–Crippen LogP) is 5.69. The average Bonchev–Trinajstić information content (AvgIpc) is 3.64. The summed E-state index contributed by atoms with van der Waals surface area (Å²) in [4.78, 5) is 4.24. The van der Waals surface area contributed by atoms with E-state index >= 15 is 0 Å². The fraction of sp³-hybridized carbons (Fsp3) is 0.143. The topological polar surface area (TPSA) is 157 Å². The number of nitrogens with one attached hydrogen (secondary N) is 3. The number of halogens is 2. The van der Waals surface area contributed by atoms with Gasteiger partial charge in [-0.25, -0.2) is 4.98 Å². The number of amidine groups is 1. The van der Waals surface area contributed by atoms with Gasteiger partial charge in [-0.1, -0.05) is 84.7 Å². The van der Waals surface area contributed by atoms with Crippen LogP contribution in [0.2, 0.25) is 10.0 Å². The van der Waals surface area contributed by atoms with Gasteiger partial charge in [0.05, 0.1) is 6.54 Å². The SMILES string of the molecule is CCc1ccc(Cl)cc1.Cc1nc(-c2n[nH]nc2-c2ccc(Cl)cc2)n[nH]1.N#C/C(N)=N/NCc1ccccc1. The van der Waals surface area contributed by atoms with E-state index < -0.39 is 0 Å². The highest BCUT2D eigenvalue weighted by atomic mass is 35.5. The standard InChI is InChI=1S/C11H9ClN6.C9H10N4.C8H9Cl/c1-6-13-11(17-14-6)10-9(15-18-16-10)7-2-4-8(12)5-3-7;10-6-9(11)13-12-7-8-4-2-1-3-5-8;1-2-7-3-5-8(9)6-4-7/h2-5H,1H3,(H,13,14,17)(H,15,16,18);1-5,12H,7H2,(H2,11,13);3-6H,2H2,1H3. The lowest BCUT2D eigenvalue weighted by molar-refractivity contribution is 0.744. The van der Waals surface area contributed by atoms with Crippen LogP contribution in [-0.4, -0.2) is 36.4 Å². The van der Waals surface area contributed by atoms with Gasteiger partial charge in [-0.3, -0.25) is 5.10 Å². The van der Waals surface area contributed by atoms with Crippen molar-refractivity contribution < 1.29 is 0 Å². The van der Waals surface area contributed by atoms with Gasteiger partial charge in [0.1, 0.15) is 17.6 Å². The molecule has 0 aliphatic rings. The molecule has 0 atom stereocenters. The van der Waals surface area contributed by atoms with Crippen LogP contribution in [0.1, 0.15) is 23.9 Å². The van der Waals surface area contributed by atoms with E-state index in [9.17, 15) is 0 Å². The van der Waals surface area contributed by atoms with Crippen LogP contribution in [-0.2, 0) is 13.0 Å². The number of hydrogen-bond donors (Lipinski definition) is 4. The number of hydrogen-bond acceptors (Lipinski definition) is 7. The van der Waals surface area contributed by atoms with Gasteiger partial charge in [-0.15, -0.1) is 0 Å². The largest absolute Gasteiger partial charge is 0.374 e. The summed E-state index contributed by atoms with van der Waals surface area (Å²) in [6.45, 7) is 4.53. The third kappa shape index (κ3) is 9.54. The molecule has 5 rings (SSSR count). The van der Waals surface area contributed by atoms with Crippen LogP contribution in [0.15, 0.2) is 84.0 Å². The van der Waals surface area contributed by atoms with E-state index in [-0.39, 0.29) is 5.84 Å². The van der Waals surface area contributed by atoms with Gasteiger partial charge >= 0.3 is 0 Å². The van der Waals surface area contributed by atoms with E-state index in [0.29, 0.717) is 28.8 Å². The van der Waals surface area contributed by atoms with E-state index in [4.69, 9.17) is 34.2 Å². The summed E-state index contributed by atoms with van der Waals surface area (Å²) in [5.74, 6) is 1.19. The van der Waals surface area contributed by atoms with Gasteiger partial charge in [-0.05, 0) is 48.7 Å². The first-order valence-corrected chi connectivity index (χ1v) is 13.0. The summed E-state index contributed by atoms with van der Waals surface area (Å²) in [6, 6.07) is 26.7. The molecule has 5 N–H and O–H groups in total. The second-order valence-electron chi connectivity index (χ2n) is 8.18. The molecule has 0 spiro atoms. The first kappa shape index (κ1) is 29.8. The first-order chi connectivity index (χ1) is 19.4. The van der Waals surface area contributed by atoms with E-state index in [0.717, 1.165) is 28.4 Å². The maximum Gasteiger partial charge on any atom is 0.221 e. The Morgan fingerprint density at radius 3 is 2.10 bits per heavy atom. The van der Waals surface area contributed by atoms with Crippen LogP contribution >= 0.6 is 23.2 Å². The Bertz CT molecular complexity index is 1520. The van der Waals surface area contributed by atoms with Gasteiger partial charge in [0.15, 0.2) is 5.69 Å². The highest BCUT2D eigenvalue weighted by Crippen LogP contribution is 2.26. The summed E-state index contributed by atoms with van der Waals surface area (Å²) in [5.41, 5.74) is 12.5. The number of benzene rings is 3.